The van der Waals surface area contributed by atoms with Crippen molar-refractivity contribution in [1.82, 2.24) is 0 Å². The second kappa shape index (κ2) is 11.3. The molecule has 0 radical (unpaired) electrons. The van der Waals surface area contributed by atoms with Crippen LogP contribution in [0.2, 0.25) is 0 Å². The minimum atomic E-state index is -0.784. The normalized spacial score (nSPS) is 13.6. The molecule has 0 spiro atoms. The second-order valence-corrected chi connectivity index (χ2v) is 5.23. The third kappa shape index (κ3) is 9.26. The van der Waals surface area contributed by atoms with Gasteiger partial charge in [0, 0.05) is 5.57 Å². The fraction of sp³-hybridized carbons (Fsp3) is 0.812. The van der Waals surface area contributed by atoms with Gasteiger partial charge in [0.2, 0.25) is 0 Å². The van der Waals surface area contributed by atoms with Gasteiger partial charge in [-0.1, -0.05) is 64.9 Å². The van der Waals surface area contributed by atoms with E-state index in [1.165, 1.54) is 44.9 Å². The van der Waals surface area contributed by atoms with E-state index in [1.807, 2.05) is 6.08 Å². The van der Waals surface area contributed by atoms with Crippen LogP contribution in [0, 0.1) is 5.92 Å². The van der Waals surface area contributed by atoms with E-state index in [9.17, 15) is 4.79 Å². The molecule has 1 atom stereocenters. The molecule has 0 rings (SSSR count). The number of unbranched alkanes of at least 4 members (excludes halogenated alkanes) is 6. The predicted molar refractivity (Wildman–Crippen MR) is 77.8 cm³/mol. The summed E-state index contributed by atoms with van der Waals surface area (Å²) in [5.41, 5.74) is 0.491. The quantitative estimate of drug-likeness (QED) is 0.407. The van der Waals surface area contributed by atoms with Gasteiger partial charge in [-0.25, -0.2) is 4.79 Å². The number of carboxylic acid groups (broad SMARTS) is 1. The first-order valence-electron chi connectivity index (χ1n) is 7.53. The Labute approximate surface area is 112 Å². The molecule has 2 heteroatoms. The van der Waals surface area contributed by atoms with Gasteiger partial charge in [-0.05, 0) is 25.7 Å². The summed E-state index contributed by atoms with van der Waals surface area (Å²) in [7, 11) is 0. The molecule has 0 saturated carbocycles. The predicted octanol–water partition coefficient (Wildman–Crippen LogP) is 5.18. The van der Waals surface area contributed by atoms with Crippen LogP contribution < -0.4 is 0 Å². The lowest BCUT2D eigenvalue weighted by atomic mass is 9.95. The molecule has 0 heterocycles. The molecular weight excluding hydrogens is 224 g/mol. The Morgan fingerprint density at radius 2 is 1.61 bits per heavy atom. The molecule has 1 N–H and O–H groups in total. The van der Waals surface area contributed by atoms with E-state index < -0.39 is 5.97 Å². The lowest BCUT2D eigenvalue weighted by Gasteiger charge is -2.10. The molecule has 2 nitrogen and oxygen atoms in total. The van der Waals surface area contributed by atoms with Gasteiger partial charge in [0.1, 0.15) is 0 Å². The molecule has 0 aromatic rings. The van der Waals surface area contributed by atoms with Gasteiger partial charge in [-0.15, -0.1) is 0 Å². The number of carbonyl (C=O) groups is 1. The smallest absolute Gasteiger partial charge is 0.330 e. The Kier molecular flexibility index (Phi) is 10.8. The Morgan fingerprint density at radius 1 is 1.06 bits per heavy atom. The molecule has 0 aromatic carbocycles. The van der Waals surface area contributed by atoms with Crippen molar-refractivity contribution in [2.45, 2.75) is 78.6 Å². The third-order valence-electron chi connectivity index (χ3n) is 3.53. The molecule has 0 fully saturated rings. The molecule has 106 valence electrons. The van der Waals surface area contributed by atoms with Crippen molar-refractivity contribution in [3.63, 3.8) is 0 Å². The van der Waals surface area contributed by atoms with E-state index in [0.717, 1.165) is 12.8 Å². The number of aliphatic carboxylic acids is 1. The largest absolute Gasteiger partial charge is 0.478 e. The number of carboxylic acids is 1. The summed E-state index contributed by atoms with van der Waals surface area (Å²) in [6.45, 7) is 6.07. The second-order valence-electron chi connectivity index (χ2n) is 5.23. The van der Waals surface area contributed by atoms with Crippen molar-refractivity contribution in [3.05, 3.63) is 11.6 Å². The molecule has 1 unspecified atom stereocenters. The fourth-order valence-electron chi connectivity index (χ4n) is 2.19. The Morgan fingerprint density at radius 3 is 2.11 bits per heavy atom. The minimum absolute atomic E-state index is 0.441. The standard InChI is InChI=1S/C16H30O2/c1-4-6-7-8-9-10-11-12-15(5-2)13-14(3)16(17)18/h13,15H,4-12H2,1-3H3,(H,17,18). The van der Waals surface area contributed by atoms with E-state index in [4.69, 9.17) is 5.11 Å². The monoisotopic (exact) mass is 254 g/mol. The van der Waals surface area contributed by atoms with E-state index in [0.29, 0.717) is 11.5 Å². The lowest BCUT2D eigenvalue weighted by Crippen LogP contribution is -2.02. The zero-order valence-corrected chi connectivity index (χ0v) is 12.4. The van der Waals surface area contributed by atoms with E-state index >= 15 is 0 Å². The van der Waals surface area contributed by atoms with Crippen molar-refractivity contribution in [3.8, 4) is 0 Å². The zero-order valence-electron chi connectivity index (χ0n) is 12.4. The van der Waals surface area contributed by atoms with E-state index in [-0.39, 0.29) is 0 Å². The van der Waals surface area contributed by atoms with Crippen molar-refractivity contribution >= 4 is 5.97 Å². The first-order valence-corrected chi connectivity index (χ1v) is 7.53. The molecular formula is C16H30O2. The summed E-state index contributed by atoms with van der Waals surface area (Å²) in [6.07, 6.45) is 13.3. The first-order chi connectivity index (χ1) is 8.61. The van der Waals surface area contributed by atoms with E-state index in [1.54, 1.807) is 6.92 Å². The highest BCUT2D eigenvalue weighted by Gasteiger charge is 2.06. The van der Waals surface area contributed by atoms with Crippen LogP contribution in [-0.4, -0.2) is 11.1 Å². The maximum atomic E-state index is 10.8. The summed E-state index contributed by atoms with van der Waals surface area (Å²) in [5.74, 6) is -0.343. The topological polar surface area (TPSA) is 37.3 Å². The molecule has 18 heavy (non-hydrogen) atoms. The average Bonchev–Trinajstić information content (AvgIpc) is 2.35. The maximum Gasteiger partial charge on any atom is 0.330 e. The maximum absolute atomic E-state index is 10.8. The number of allylic oxidation sites excluding steroid dienone is 1. The SMILES string of the molecule is CCCCCCCCCC(C=C(C)C(=O)O)CC. The van der Waals surface area contributed by atoms with Crippen LogP contribution in [0.3, 0.4) is 0 Å². The third-order valence-corrected chi connectivity index (χ3v) is 3.53. The van der Waals surface area contributed by atoms with Gasteiger partial charge in [-0.3, -0.25) is 0 Å². The van der Waals surface area contributed by atoms with Crippen LogP contribution >= 0.6 is 0 Å². The van der Waals surface area contributed by atoms with Crippen LogP contribution in [0.1, 0.15) is 78.6 Å². The van der Waals surface area contributed by atoms with Crippen LogP contribution in [0.4, 0.5) is 0 Å². The summed E-state index contributed by atoms with van der Waals surface area (Å²) in [4.78, 5) is 10.8. The van der Waals surface area contributed by atoms with Crippen LogP contribution in [-0.2, 0) is 4.79 Å². The molecule has 0 aliphatic rings. The van der Waals surface area contributed by atoms with Crippen LogP contribution in [0.5, 0.6) is 0 Å². The molecule has 0 bridgehead atoms. The minimum Gasteiger partial charge on any atom is -0.478 e. The highest BCUT2D eigenvalue weighted by Crippen LogP contribution is 2.18. The molecule has 0 saturated heterocycles. The summed E-state index contributed by atoms with van der Waals surface area (Å²) < 4.78 is 0. The highest BCUT2D eigenvalue weighted by molar-refractivity contribution is 5.85. The fourth-order valence-corrected chi connectivity index (χ4v) is 2.19. The molecule has 0 aliphatic heterocycles. The highest BCUT2D eigenvalue weighted by atomic mass is 16.4. The van der Waals surface area contributed by atoms with Crippen molar-refractivity contribution < 1.29 is 9.90 Å². The summed E-state index contributed by atoms with van der Waals surface area (Å²) in [5, 5.41) is 8.85. The van der Waals surface area contributed by atoms with Gasteiger partial charge in [0.15, 0.2) is 0 Å². The van der Waals surface area contributed by atoms with Gasteiger partial charge >= 0.3 is 5.97 Å². The zero-order chi connectivity index (χ0) is 13.8. The van der Waals surface area contributed by atoms with Gasteiger partial charge in [0.05, 0.1) is 0 Å². The average molecular weight is 254 g/mol. The Hall–Kier alpha value is -0.790. The number of rotatable bonds is 11. The van der Waals surface area contributed by atoms with Crippen molar-refractivity contribution in [2.24, 2.45) is 5.92 Å². The molecule has 0 amide bonds. The first kappa shape index (κ1) is 17.2. The van der Waals surface area contributed by atoms with Crippen LogP contribution in [0.15, 0.2) is 11.6 Å². The molecule has 0 aliphatic carbocycles. The van der Waals surface area contributed by atoms with Gasteiger partial charge in [-0.2, -0.15) is 0 Å². The van der Waals surface area contributed by atoms with Crippen LogP contribution in [0.25, 0.3) is 0 Å². The number of hydrogen-bond acceptors (Lipinski definition) is 1. The lowest BCUT2D eigenvalue weighted by molar-refractivity contribution is -0.132. The Bertz CT molecular complexity index is 243. The Balaban J connectivity index is 3.68. The van der Waals surface area contributed by atoms with Gasteiger partial charge < -0.3 is 5.11 Å². The van der Waals surface area contributed by atoms with Gasteiger partial charge in [0.25, 0.3) is 0 Å². The summed E-state index contributed by atoms with van der Waals surface area (Å²) in [6, 6.07) is 0. The van der Waals surface area contributed by atoms with Crippen molar-refractivity contribution in [2.75, 3.05) is 0 Å². The summed E-state index contributed by atoms with van der Waals surface area (Å²) >= 11 is 0. The van der Waals surface area contributed by atoms with Crippen molar-refractivity contribution in [1.29, 1.82) is 0 Å². The number of hydrogen-bond donors (Lipinski definition) is 1. The van der Waals surface area contributed by atoms with E-state index in [2.05, 4.69) is 13.8 Å². The molecule has 0 aromatic heterocycles.